The van der Waals surface area contributed by atoms with Gasteiger partial charge in [-0.2, -0.15) is 0 Å². The summed E-state index contributed by atoms with van der Waals surface area (Å²) in [5.41, 5.74) is 0. The van der Waals surface area contributed by atoms with E-state index in [-0.39, 0.29) is 6.10 Å². The van der Waals surface area contributed by atoms with Crippen LogP contribution in [-0.2, 0) is 4.74 Å². The highest BCUT2D eigenvalue weighted by Crippen LogP contribution is 2.50. The summed E-state index contributed by atoms with van der Waals surface area (Å²) in [5.74, 6) is 0. The Morgan fingerprint density at radius 3 is 1.64 bits per heavy atom. The Morgan fingerprint density at radius 2 is 1.21 bits per heavy atom. The van der Waals surface area contributed by atoms with Gasteiger partial charge in [-0.1, -0.05) is 137 Å². The zero-order valence-electron chi connectivity index (χ0n) is 20.1. The fourth-order valence-electron chi connectivity index (χ4n) is 5.83. The Kier molecular flexibility index (Phi) is 7.85. The molecule has 1 aliphatic rings. The van der Waals surface area contributed by atoms with E-state index in [0.717, 1.165) is 25.7 Å². The number of rotatable bonds is 12. The second kappa shape index (κ2) is 10.8. The molecule has 1 heterocycles. The van der Waals surface area contributed by atoms with E-state index >= 15 is 0 Å². The first-order valence-corrected chi connectivity index (χ1v) is 14.7. The van der Waals surface area contributed by atoms with E-state index in [4.69, 9.17) is 4.74 Å². The number of hydrogen-bond acceptors (Lipinski definition) is 2. The van der Waals surface area contributed by atoms with Crippen LogP contribution in [0.5, 0.6) is 0 Å². The van der Waals surface area contributed by atoms with E-state index in [1.165, 1.54) is 34.8 Å². The number of hydrogen-bond donors (Lipinski definition) is 1. The summed E-state index contributed by atoms with van der Waals surface area (Å²) >= 11 is 0. The molecule has 1 N–H and O–H groups in total. The van der Waals surface area contributed by atoms with Crippen molar-refractivity contribution >= 4 is 23.6 Å². The number of benzene rings is 3. The fraction of sp³-hybridized carbons (Fsp3) is 0.400. The van der Waals surface area contributed by atoms with E-state index in [1.54, 1.807) is 0 Å². The second-order valence-electron chi connectivity index (χ2n) is 9.40. The van der Waals surface area contributed by atoms with Gasteiger partial charge in [0.15, 0.2) is 8.07 Å². The standard InChI is InChI=1S/C30H38O2Si/c1-3-5-6-16-24-29-30(32-29,28(31)17-4-2)33(25-18-10-7-11-19-25,26-20-12-8-13-21-26)27-22-14-9-15-23-27/h7-15,18-23,28-29,31H,3-6,16-17,24H2,1-2H3/t28?,29-,30+/m0/s1. The molecule has 0 aromatic heterocycles. The lowest BCUT2D eigenvalue weighted by Gasteiger charge is -2.41. The van der Waals surface area contributed by atoms with Gasteiger partial charge in [-0.05, 0) is 28.4 Å². The molecular weight excluding hydrogens is 420 g/mol. The number of epoxide rings is 1. The van der Waals surface area contributed by atoms with Crippen LogP contribution in [0.2, 0.25) is 0 Å². The average Bonchev–Trinajstić information content (AvgIpc) is 3.60. The van der Waals surface area contributed by atoms with E-state index < -0.39 is 19.4 Å². The van der Waals surface area contributed by atoms with Crippen LogP contribution in [0.15, 0.2) is 91.0 Å². The summed E-state index contributed by atoms with van der Waals surface area (Å²) in [4.78, 5) is 0. The highest BCUT2D eigenvalue weighted by atomic mass is 28.3. The first-order valence-electron chi connectivity index (χ1n) is 12.7. The number of unbranched alkanes of at least 4 members (excludes halogenated alkanes) is 3. The Balaban J connectivity index is 1.94. The molecule has 3 aromatic carbocycles. The quantitative estimate of drug-likeness (QED) is 0.180. The minimum atomic E-state index is -2.74. The molecule has 1 unspecified atom stereocenters. The first-order chi connectivity index (χ1) is 16.2. The van der Waals surface area contributed by atoms with Gasteiger partial charge in [-0.25, -0.2) is 0 Å². The van der Waals surface area contributed by atoms with Crippen LogP contribution in [0.4, 0.5) is 0 Å². The zero-order valence-corrected chi connectivity index (χ0v) is 21.1. The van der Waals surface area contributed by atoms with Gasteiger partial charge in [0.1, 0.15) is 5.22 Å². The lowest BCUT2D eigenvalue weighted by molar-refractivity contribution is 0.104. The van der Waals surface area contributed by atoms with Gasteiger partial charge in [0.25, 0.3) is 0 Å². The van der Waals surface area contributed by atoms with Crippen molar-refractivity contribution in [1.29, 1.82) is 0 Å². The fourth-order valence-corrected chi connectivity index (χ4v) is 11.9. The molecule has 0 amide bonds. The first kappa shape index (κ1) is 23.9. The summed E-state index contributed by atoms with van der Waals surface area (Å²) in [7, 11) is -2.74. The van der Waals surface area contributed by atoms with Gasteiger partial charge in [0.05, 0.1) is 12.2 Å². The molecule has 0 aliphatic carbocycles. The summed E-state index contributed by atoms with van der Waals surface area (Å²) in [6.07, 6.45) is 7.18. The van der Waals surface area contributed by atoms with Crippen molar-refractivity contribution in [2.45, 2.75) is 76.2 Å². The second-order valence-corrected chi connectivity index (χ2v) is 13.4. The summed E-state index contributed by atoms with van der Waals surface area (Å²) < 4.78 is 6.84. The van der Waals surface area contributed by atoms with E-state index in [0.29, 0.717) is 0 Å². The highest BCUT2D eigenvalue weighted by Gasteiger charge is 2.74. The molecule has 3 atom stereocenters. The predicted octanol–water partition coefficient (Wildman–Crippen LogP) is 4.97. The highest BCUT2D eigenvalue weighted by molar-refractivity contribution is 7.14. The van der Waals surface area contributed by atoms with Crippen molar-refractivity contribution in [3.63, 3.8) is 0 Å². The van der Waals surface area contributed by atoms with E-state index in [9.17, 15) is 5.11 Å². The van der Waals surface area contributed by atoms with Crippen LogP contribution in [0.3, 0.4) is 0 Å². The third kappa shape index (κ3) is 4.34. The molecule has 3 heteroatoms. The number of aliphatic hydroxyl groups is 1. The van der Waals surface area contributed by atoms with Crippen LogP contribution < -0.4 is 15.6 Å². The molecular formula is C30H38O2Si. The topological polar surface area (TPSA) is 32.8 Å². The van der Waals surface area contributed by atoms with Crippen molar-refractivity contribution in [1.82, 2.24) is 0 Å². The maximum Gasteiger partial charge on any atom is 0.189 e. The van der Waals surface area contributed by atoms with Crippen molar-refractivity contribution in [3.8, 4) is 0 Å². The lowest BCUT2D eigenvalue weighted by Crippen LogP contribution is -2.79. The van der Waals surface area contributed by atoms with Crippen molar-refractivity contribution in [3.05, 3.63) is 91.0 Å². The van der Waals surface area contributed by atoms with Gasteiger partial charge in [-0.15, -0.1) is 0 Å². The third-order valence-corrected chi connectivity index (χ3v) is 12.9. The van der Waals surface area contributed by atoms with Crippen LogP contribution in [-0.4, -0.2) is 30.6 Å². The van der Waals surface area contributed by atoms with Gasteiger partial charge in [-0.3, -0.25) is 0 Å². The van der Waals surface area contributed by atoms with Gasteiger partial charge >= 0.3 is 0 Å². The van der Waals surface area contributed by atoms with Crippen LogP contribution in [0.25, 0.3) is 0 Å². The molecule has 1 fully saturated rings. The SMILES string of the molecule is CCCCCC[C@@H]1O[C@]1(C(O)CCC)[Si](c1ccccc1)(c1ccccc1)c1ccccc1. The Hall–Kier alpha value is -2.20. The van der Waals surface area contributed by atoms with Crippen molar-refractivity contribution in [2.75, 3.05) is 0 Å². The Labute approximate surface area is 200 Å². The minimum Gasteiger partial charge on any atom is -0.390 e. The molecule has 2 nitrogen and oxygen atoms in total. The smallest absolute Gasteiger partial charge is 0.189 e. The molecule has 1 saturated heterocycles. The maximum absolute atomic E-state index is 11.8. The lowest BCUT2D eigenvalue weighted by atomic mass is 10.0. The molecule has 0 spiro atoms. The van der Waals surface area contributed by atoms with Crippen molar-refractivity contribution in [2.24, 2.45) is 0 Å². The summed E-state index contributed by atoms with van der Waals surface area (Å²) in [5, 5.41) is 15.2. The molecule has 3 aromatic rings. The van der Waals surface area contributed by atoms with Gasteiger partial charge < -0.3 is 9.84 Å². The molecule has 1 aliphatic heterocycles. The van der Waals surface area contributed by atoms with Crippen LogP contribution >= 0.6 is 0 Å². The van der Waals surface area contributed by atoms with Gasteiger partial charge in [0, 0.05) is 0 Å². The van der Waals surface area contributed by atoms with Gasteiger partial charge in [0.2, 0.25) is 0 Å². The predicted molar refractivity (Wildman–Crippen MR) is 141 cm³/mol. The zero-order chi connectivity index (χ0) is 23.2. The molecule has 0 saturated carbocycles. The minimum absolute atomic E-state index is 0.0863. The van der Waals surface area contributed by atoms with E-state index in [1.807, 2.05) is 0 Å². The molecule has 4 rings (SSSR count). The number of ether oxygens (including phenoxy) is 1. The molecule has 0 bridgehead atoms. The van der Waals surface area contributed by atoms with Crippen LogP contribution in [0, 0.1) is 0 Å². The Bertz CT molecular complexity index is 879. The maximum atomic E-state index is 11.8. The number of aliphatic hydroxyl groups excluding tert-OH is 1. The molecule has 0 radical (unpaired) electrons. The third-order valence-electron chi connectivity index (χ3n) is 7.34. The largest absolute Gasteiger partial charge is 0.390 e. The van der Waals surface area contributed by atoms with E-state index in [2.05, 4.69) is 105 Å². The summed E-state index contributed by atoms with van der Waals surface area (Å²) in [6, 6.07) is 32.7. The summed E-state index contributed by atoms with van der Waals surface area (Å²) in [6.45, 7) is 4.41. The molecule has 174 valence electrons. The average molecular weight is 459 g/mol. The normalized spacial score (nSPS) is 21.0. The van der Waals surface area contributed by atoms with Crippen LogP contribution in [0.1, 0.15) is 58.8 Å². The molecule has 33 heavy (non-hydrogen) atoms. The monoisotopic (exact) mass is 458 g/mol. The van der Waals surface area contributed by atoms with Crippen molar-refractivity contribution < 1.29 is 9.84 Å². The Morgan fingerprint density at radius 1 is 0.727 bits per heavy atom.